The van der Waals surface area contributed by atoms with Gasteiger partial charge in [-0.3, -0.25) is 5.41 Å². The first kappa shape index (κ1) is 11.6. The highest BCUT2D eigenvalue weighted by Crippen LogP contribution is 2.16. The van der Waals surface area contributed by atoms with Crippen molar-refractivity contribution in [3.05, 3.63) is 30.1 Å². The predicted octanol–water partition coefficient (Wildman–Crippen LogP) is 2.45. The van der Waals surface area contributed by atoms with Crippen molar-refractivity contribution in [1.29, 1.82) is 5.41 Å². The zero-order valence-electron chi connectivity index (χ0n) is 10.1. The number of hydrogen-bond donors (Lipinski definition) is 2. The number of rotatable bonds is 5. The zero-order chi connectivity index (χ0) is 12.3. The molecule has 0 saturated carbocycles. The number of imidazole rings is 1. The van der Waals surface area contributed by atoms with E-state index in [0.29, 0.717) is 6.42 Å². The van der Waals surface area contributed by atoms with E-state index in [1.807, 2.05) is 25.1 Å². The Morgan fingerprint density at radius 1 is 1.35 bits per heavy atom. The Bertz CT molecular complexity index is 527. The van der Waals surface area contributed by atoms with E-state index in [-0.39, 0.29) is 5.84 Å². The van der Waals surface area contributed by atoms with Gasteiger partial charge in [0.1, 0.15) is 5.82 Å². The lowest BCUT2D eigenvalue weighted by Gasteiger charge is -2.06. The second-order valence-electron chi connectivity index (χ2n) is 4.28. The third kappa shape index (κ3) is 2.64. The molecule has 2 rings (SSSR count). The van der Waals surface area contributed by atoms with Crippen LogP contribution in [-0.4, -0.2) is 15.4 Å². The summed E-state index contributed by atoms with van der Waals surface area (Å²) in [5.41, 5.74) is 7.58. The molecule has 90 valence electrons. The van der Waals surface area contributed by atoms with E-state index in [1.54, 1.807) is 0 Å². The summed E-state index contributed by atoms with van der Waals surface area (Å²) in [7, 11) is 0. The Kier molecular flexibility index (Phi) is 3.42. The summed E-state index contributed by atoms with van der Waals surface area (Å²) < 4.78 is 2.23. The van der Waals surface area contributed by atoms with E-state index in [2.05, 4.69) is 15.6 Å². The van der Waals surface area contributed by atoms with Gasteiger partial charge in [0.2, 0.25) is 0 Å². The minimum Gasteiger partial charge on any atom is -0.388 e. The number of aryl methyl sites for hydroxylation is 2. The predicted molar refractivity (Wildman–Crippen MR) is 70.2 cm³/mol. The lowest BCUT2D eigenvalue weighted by molar-refractivity contribution is 0.617. The lowest BCUT2D eigenvalue weighted by Crippen LogP contribution is -2.09. The van der Waals surface area contributed by atoms with Crippen molar-refractivity contribution in [2.75, 3.05) is 0 Å². The molecule has 4 heteroatoms. The van der Waals surface area contributed by atoms with Crippen molar-refractivity contribution >= 4 is 16.9 Å². The number of benzene rings is 1. The van der Waals surface area contributed by atoms with Crippen molar-refractivity contribution < 1.29 is 0 Å². The number of nitrogens with two attached hydrogens (primary N) is 1. The topological polar surface area (TPSA) is 67.7 Å². The van der Waals surface area contributed by atoms with Crippen LogP contribution >= 0.6 is 0 Å². The largest absolute Gasteiger partial charge is 0.388 e. The van der Waals surface area contributed by atoms with Crippen LogP contribution in [0.2, 0.25) is 0 Å². The molecule has 2 aromatic rings. The van der Waals surface area contributed by atoms with Crippen LogP contribution in [0.25, 0.3) is 11.0 Å². The van der Waals surface area contributed by atoms with Crippen LogP contribution in [-0.2, 0) is 6.54 Å². The Labute approximate surface area is 101 Å². The van der Waals surface area contributed by atoms with Crippen LogP contribution < -0.4 is 5.73 Å². The quantitative estimate of drug-likeness (QED) is 0.470. The third-order valence-electron chi connectivity index (χ3n) is 2.92. The van der Waals surface area contributed by atoms with Gasteiger partial charge in [-0.2, -0.15) is 0 Å². The van der Waals surface area contributed by atoms with E-state index in [4.69, 9.17) is 11.1 Å². The molecule has 0 saturated heterocycles. The number of unbranched alkanes of at least 4 members (excludes halogenated alkanes) is 1. The fourth-order valence-corrected chi connectivity index (χ4v) is 2.06. The molecule has 0 fully saturated rings. The van der Waals surface area contributed by atoms with Crippen LogP contribution in [0.1, 0.15) is 25.1 Å². The molecule has 0 amide bonds. The van der Waals surface area contributed by atoms with Crippen molar-refractivity contribution in [2.45, 2.75) is 32.7 Å². The Morgan fingerprint density at radius 3 is 2.88 bits per heavy atom. The number of aromatic nitrogens is 2. The number of para-hydroxylation sites is 2. The first-order chi connectivity index (χ1) is 8.18. The normalized spacial score (nSPS) is 10.9. The van der Waals surface area contributed by atoms with Crippen LogP contribution in [0, 0.1) is 12.3 Å². The smallest absolute Gasteiger partial charge is 0.106 e. The Hall–Kier alpha value is -1.84. The minimum absolute atomic E-state index is 0.275. The summed E-state index contributed by atoms with van der Waals surface area (Å²) in [6, 6.07) is 8.18. The molecule has 3 N–H and O–H groups in total. The molecule has 0 aliphatic rings. The highest BCUT2D eigenvalue weighted by molar-refractivity contribution is 5.77. The minimum atomic E-state index is 0.275. The van der Waals surface area contributed by atoms with Gasteiger partial charge in [-0.05, 0) is 31.9 Å². The van der Waals surface area contributed by atoms with Crippen molar-refractivity contribution in [3.63, 3.8) is 0 Å². The molecule has 1 heterocycles. The maximum atomic E-state index is 7.18. The summed E-state index contributed by atoms with van der Waals surface area (Å²) in [6.45, 7) is 2.98. The van der Waals surface area contributed by atoms with Gasteiger partial charge in [-0.15, -0.1) is 0 Å². The molecule has 0 atom stereocenters. The lowest BCUT2D eigenvalue weighted by atomic mass is 10.2. The number of fused-ring (bicyclic) bond motifs is 1. The molecule has 1 aromatic heterocycles. The van der Waals surface area contributed by atoms with Crippen LogP contribution in [0.4, 0.5) is 0 Å². The number of nitrogens with zero attached hydrogens (tertiary/aromatic N) is 2. The maximum absolute atomic E-state index is 7.18. The van der Waals surface area contributed by atoms with E-state index < -0.39 is 0 Å². The van der Waals surface area contributed by atoms with Gasteiger partial charge in [-0.1, -0.05) is 12.1 Å². The summed E-state index contributed by atoms with van der Waals surface area (Å²) >= 11 is 0. The van der Waals surface area contributed by atoms with Crippen LogP contribution in [0.15, 0.2) is 24.3 Å². The molecule has 1 aromatic carbocycles. The molecule has 0 radical (unpaired) electrons. The van der Waals surface area contributed by atoms with Gasteiger partial charge < -0.3 is 10.3 Å². The van der Waals surface area contributed by atoms with E-state index in [1.165, 1.54) is 5.52 Å². The SMILES string of the molecule is Cc1nc2ccccc2n1CCCCC(=N)N. The summed E-state index contributed by atoms with van der Waals surface area (Å²) in [4.78, 5) is 4.52. The Balaban J connectivity index is 2.07. The second-order valence-corrected chi connectivity index (χ2v) is 4.28. The van der Waals surface area contributed by atoms with Crippen LogP contribution in [0.3, 0.4) is 0 Å². The molecule has 4 nitrogen and oxygen atoms in total. The number of nitrogens with one attached hydrogen (secondary N) is 1. The standard InChI is InChI=1S/C13H18N4/c1-10-16-11-6-2-3-7-12(11)17(10)9-5-4-8-13(14)15/h2-3,6-7H,4-5,8-9H2,1H3,(H3,14,15). The van der Waals surface area contributed by atoms with Gasteiger partial charge in [0.25, 0.3) is 0 Å². The molecule has 0 spiro atoms. The van der Waals surface area contributed by atoms with Gasteiger partial charge in [0, 0.05) is 13.0 Å². The zero-order valence-corrected chi connectivity index (χ0v) is 10.1. The summed E-state index contributed by atoms with van der Waals surface area (Å²) in [5, 5.41) is 7.18. The second kappa shape index (κ2) is 4.99. The molecule has 17 heavy (non-hydrogen) atoms. The third-order valence-corrected chi connectivity index (χ3v) is 2.92. The number of amidine groups is 1. The summed E-state index contributed by atoms with van der Waals surface area (Å²) in [5.74, 6) is 1.33. The fourth-order valence-electron chi connectivity index (χ4n) is 2.06. The van der Waals surface area contributed by atoms with E-state index >= 15 is 0 Å². The first-order valence-electron chi connectivity index (χ1n) is 5.93. The average molecular weight is 230 g/mol. The van der Waals surface area contributed by atoms with Gasteiger partial charge >= 0.3 is 0 Å². The highest BCUT2D eigenvalue weighted by Gasteiger charge is 2.05. The molecule has 0 aliphatic carbocycles. The van der Waals surface area contributed by atoms with Gasteiger partial charge in [0.05, 0.1) is 16.9 Å². The molecular weight excluding hydrogens is 212 g/mol. The molecule has 0 aliphatic heterocycles. The van der Waals surface area contributed by atoms with Crippen molar-refractivity contribution in [3.8, 4) is 0 Å². The van der Waals surface area contributed by atoms with Gasteiger partial charge in [0.15, 0.2) is 0 Å². The van der Waals surface area contributed by atoms with Crippen molar-refractivity contribution in [2.24, 2.45) is 5.73 Å². The molecule has 0 bridgehead atoms. The number of hydrogen-bond acceptors (Lipinski definition) is 2. The Morgan fingerprint density at radius 2 is 2.12 bits per heavy atom. The average Bonchev–Trinajstić information content (AvgIpc) is 2.60. The molecule has 0 unspecified atom stereocenters. The monoisotopic (exact) mass is 230 g/mol. The van der Waals surface area contributed by atoms with Crippen molar-refractivity contribution in [1.82, 2.24) is 9.55 Å². The van der Waals surface area contributed by atoms with E-state index in [9.17, 15) is 0 Å². The van der Waals surface area contributed by atoms with E-state index in [0.717, 1.165) is 30.7 Å². The van der Waals surface area contributed by atoms with Gasteiger partial charge in [-0.25, -0.2) is 4.98 Å². The van der Waals surface area contributed by atoms with Crippen LogP contribution in [0.5, 0.6) is 0 Å². The first-order valence-corrected chi connectivity index (χ1v) is 5.93. The maximum Gasteiger partial charge on any atom is 0.106 e. The fraction of sp³-hybridized carbons (Fsp3) is 0.385. The summed E-state index contributed by atoms with van der Waals surface area (Å²) in [6.07, 6.45) is 2.67. The molecular formula is C13H18N4. The highest BCUT2D eigenvalue weighted by atomic mass is 15.1.